The summed E-state index contributed by atoms with van der Waals surface area (Å²) in [6.07, 6.45) is 10.0. The third-order valence-electron chi connectivity index (χ3n) is 15.8. The Balaban J connectivity index is 0.000000145. The highest BCUT2D eigenvalue weighted by Gasteiger charge is 2.39. The number of nitrogens with one attached hydrogen (secondary N) is 1. The van der Waals surface area contributed by atoms with Crippen LogP contribution >= 0.6 is 0 Å². The van der Waals surface area contributed by atoms with Crippen molar-refractivity contribution in [3.63, 3.8) is 0 Å². The summed E-state index contributed by atoms with van der Waals surface area (Å²) in [6.45, 7) is 16.4. The Morgan fingerprint density at radius 2 is 0.909 bits per heavy atom. The molecule has 0 aliphatic heterocycles. The molecule has 322 valence electrons. The number of hydrogen-bond donors (Lipinski definition) is 1. The smallest absolute Gasteiger partial charge is 0.143 e. The second-order valence-corrected chi connectivity index (χ2v) is 20.8. The van der Waals surface area contributed by atoms with Crippen molar-refractivity contribution in [1.82, 2.24) is 0 Å². The summed E-state index contributed by atoms with van der Waals surface area (Å²) in [5.41, 5.74) is 24.6. The zero-order valence-corrected chi connectivity index (χ0v) is 39.0. The van der Waals surface area contributed by atoms with Gasteiger partial charge in [0.25, 0.3) is 0 Å². The third kappa shape index (κ3) is 6.00. The number of allylic oxidation sites excluding steroid dienone is 4. The molecule has 2 heteroatoms. The summed E-state index contributed by atoms with van der Waals surface area (Å²) >= 11 is 0. The Hall–Kier alpha value is -7.16. The monoisotopic (exact) mass is 853 g/mol. The van der Waals surface area contributed by atoms with Crippen molar-refractivity contribution in [2.45, 2.75) is 76.5 Å². The van der Waals surface area contributed by atoms with Crippen LogP contribution in [0.15, 0.2) is 193 Å². The van der Waals surface area contributed by atoms with Gasteiger partial charge in [-0.05, 0) is 121 Å². The van der Waals surface area contributed by atoms with Gasteiger partial charge >= 0.3 is 0 Å². The topological polar surface area (TPSA) is 25.2 Å². The molecule has 1 atom stereocenters. The fourth-order valence-electron chi connectivity index (χ4n) is 11.9. The number of furan rings is 1. The van der Waals surface area contributed by atoms with Gasteiger partial charge in [0.1, 0.15) is 11.2 Å². The second kappa shape index (κ2) is 14.4. The van der Waals surface area contributed by atoms with Crippen molar-refractivity contribution in [3.05, 3.63) is 227 Å². The molecule has 1 unspecified atom stereocenters. The molecular weight excluding hydrogens is 799 g/mol. The van der Waals surface area contributed by atoms with Gasteiger partial charge in [0.05, 0.1) is 0 Å². The molecule has 13 rings (SSSR count). The highest BCUT2D eigenvalue weighted by Crippen LogP contribution is 2.53. The van der Waals surface area contributed by atoms with E-state index in [9.17, 15) is 0 Å². The van der Waals surface area contributed by atoms with Crippen LogP contribution in [-0.4, -0.2) is 0 Å². The maximum absolute atomic E-state index is 6.27. The van der Waals surface area contributed by atoms with E-state index in [-0.39, 0.29) is 21.7 Å². The highest BCUT2D eigenvalue weighted by atomic mass is 16.3. The lowest BCUT2D eigenvalue weighted by atomic mass is 9.74. The van der Waals surface area contributed by atoms with Crippen LogP contribution < -0.4 is 5.32 Å². The number of rotatable bonds is 4. The molecule has 0 spiro atoms. The molecule has 0 amide bonds. The Kier molecular flexibility index (Phi) is 8.82. The molecule has 1 aromatic heterocycles. The van der Waals surface area contributed by atoms with Crippen LogP contribution in [0.3, 0.4) is 0 Å². The van der Waals surface area contributed by atoms with Crippen LogP contribution in [0.5, 0.6) is 0 Å². The first-order valence-corrected chi connectivity index (χ1v) is 23.6. The summed E-state index contributed by atoms with van der Waals surface area (Å²) in [6, 6.07) is 60.1. The largest absolute Gasteiger partial charge is 0.455 e. The molecule has 4 aliphatic rings. The van der Waals surface area contributed by atoms with Gasteiger partial charge in [-0.25, -0.2) is 0 Å². The molecule has 66 heavy (non-hydrogen) atoms. The maximum atomic E-state index is 6.27. The molecule has 0 saturated carbocycles. The zero-order valence-electron chi connectivity index (χ0n) is 39.0. The van der Waals surface area contributed by atoms with Crippen LogP contribution in [0.25, 0.3) is 66.4 Å². The van der Waals surface area contributed by atoms with Crippen molar-refractivity contribution >= 4 is 33.3 Å². The van der Waals surface area contributed by atoms with Crippen molar-refractivity contribution in [2.75, 3.05) is 5.32 Å². The third-order valence-corrected chi connectivity index (χ3v) is 15.8. The predicted octanol–water partition coefficient (Wildman–Crippen LogP) is 17.4. The molecular formula is C64H55NO. The van der Waals surface area contributed by atoms with Gasteiger partial charge in [-0.2, -0.15) is 0 Å². The minimum Gasteiger partial charge on any atom is -0.455 e. The molecule has 0 fully saturated rings. The molecule has 8 aromatic carbocycles. The first-order valence-electron chi connectivity index (χ1n) is 23.6. The van der Waals surface area contributed by atoms with Crippen LogP contribution in [-0.2, 0) is 21.7 Å². The van der Waals surface area contributed by atoms with Crippen molar-refractivity contribution in [3.8, 4) is 44.5 Å². The standard InChI is InChI=1S/C37H35N.C27H20O/c1-35(2)31-12-8-7-11-27(31)29-17-14-25(22-33(29)35)38-26-15-18-30-28-16-13-24(37(5)19-9-6-10-20-37)21-32(28)36(3,4)34(30)23-26;1-27(2)23-12-5-3-8-19(23)20-15-14-17(16-24(20)27)18-10-7-11-22-21-9-4-6-13-25(21)28-26(18)22/h6-19,21-23,38H,20H2,1-5H3;3-16H,1-2H3. The summed E-state index contributed by atoms with van der Waals surface area (Å²) in [5.74, 6) is 0. The normalized spacial score (nSPS) is 18.2. The summed E-state index contributed by atoms with van der Waals surface area (Å²) in [5, 5.41) is 6.10. The average molecular weight is 854 g/mol. The lowest BCUT2D eigenvalue weighted by Crippen LogP contribution is -2.21. The SMILES string of the molecule is CC1(C)c2ccccc2-c2ccc(-c3cccc4c3oc3ccccc34)cc21.CC1(c2ccc3c(c2)C(C)(C)c2cc(Nc4ccc5c(c4)C(C)(C)c4ccccc4-5)ccc2-3)C=CC=CC1. The Bertz CT molecular complexity index is 3530. The van der Waals surface area contributed by atoms with Gasteiger partial charge in [0, 0.05) is 49.4 Å². The molecule has 0 saturated heterocycles. The zero-order chi connectivity index (χ0) is 45.2. The lowest BCUT2D eigenvalue weighted by molar-refractivity contribution is 0.593. The second-order valence-electron chi connectivity index (χ2n) is 20.8. The van der Waals surface area contributed by atoms with E-state index >= 15 is 0 Å². The fraction of sp³-hybridized carbons (Fsp3) is 0.188. The van der Waals surface area contributed by atoms with E-state index in [1.807, 2.05) is 12.1 Å². The molecule has 2 nitrogen and oxygen atoms in total. The fourth-order valence-corrected chi connectivity index (χ4v) is 11.9. The first-order chi connectivity index (χ1) is 31.8. The van der Waals surface area contributed by atoms with E-state index in [1.54, 1.807) is 0 Å². The van der Waals surface area contributed by atoms with E-state index in [0.717, 1.165) is 34.5 Å². The molecule has 9 aromatic rings. The maximum Gasteiger partial charge on any atom is 0.143 e. The van der Waals surface area contributed by atoms with Crippen molar-refractivity contribution in [1.29, 1.82) is 0 Å². The lowest BCUT2D eigenvalue weighted by Gasteiger charge is -2.29. The van der Waals surface area contributed by atoms with Gasteiger partial charge in [-0.15, -0.1) is 0 Å². The average Bonchev–Trinajstić information content (AvgIpc) is 3.98. The minimum absolute atomic E-state index is 0.00282. The van der Waals surface area contributed by atoms with E-state index in [2.05, 4.69) is 230 Å². The van der Waals surface area contributed by atoms with Crippen LogP contribution in [0, 0.1) is 0 Å². The van der Waals surface area contributed by atoms with Gasteiger partial charge in [-0.3, -0.25) is 0 Å². The minimum atomic E-state index is -0.0511. The van der Waals surface area contributed by atoms with Gasteiger partial charge in [0.15, 0.2) is 0 Å². The first kappa shape index (κ1) is 40.4. The molecule has 0 bridgehead atoms. The van der Waals surface area contributed by atoms with E-state index in [4.69, 9.17) is 4.42 Å². The summed E-state index contributed by atoms with van der Waals surface area (Å²) in [4.78, 5) is 0. The van der Waals surface area contributed by atoms with E-state index < -0.39 is 0 Å². The number of para-hydroxylation sites is 2. The number of hydrogen-bond acceptors (Lipinski definition) is 2. The Morgan fingerprint density at radius 3 is 1.55 bits per heavy atom. The molecule has 4 aliphatic carbocycles. The van der Waals surface area contributed by atoms with Crippen molar-refractivity contribution < 1.29 is 4.42 Å². The van der Waals surface area contributed by atoms with Gasteiger partial charge in [-0.1, -0.05) is 200 Å². The molecule has 1 heterocycles. The number of anilines is 2. The van der Waals surface area contributed by atoms with Gasteiger partial charge < -0.3 is 9.73 Å². The Labute approximate surface area is 389 Å². The molecule has 1 N–H and O–H groups in total. The molecule has 0 radical (unpaired) electrons. The van der Waals surface area contributed by atoms with Crippen LogP contribution in [0.2, 0.25) is 0 Å². The quantitative estimate of drug-likeness (QED) is 0.191. The van der Waals surface area contributed by atoms with Crippen molar-refractivity contribution in [2.24, 2.45) is 0 Å². The highest BCUT2D eigenvalue weighted by molar-refractivity contribution is 6.09. The Morgan fingerprint density at radius 1 is 0.409 bits per heavy atom. The summed E-state index contributed by atoms with van der Waals surface area (Å²) < 4.78 is 6.27. The van der Waals surface area contributed by atoms with Crippen LogP contribution in [0.4, 0.5) is 11.4 Å². The van der Waals surface area contributed by atoms with E-state index in [0.29, 0.717) is 0 Å². The summed E-state index contributed by atoms with van der Waals surface area (Å²) in [7, 11) is 0. The predicted molar refractivity (Wildman–Crippen MR) is 278 cm³/mol. The number of benzene rings is 8. The van der Waals surface area contributed by atoms with E-state index in [1.165, 1.54) is 88.7 Å². The number of fused-ring (bicyclic) bond motifs is 12. The van der Waals surface area contributed by atoms with Crippen LogP contribution in [0.1, 0.15) is 93.8 Å². The van der Waals surface area contributed by atoms with Gasteiger partial charge in [0.2, 0.25) is 0 Å².